The molecule has 1 aliphatic rings. The van der Waals surface area contributed by atoms with Crippen LogP contribution in [0.15, 0.2) is 16.8 Å². The standard InChI is InChI=1S/C12H19N3O2/c1-2-12(5-3-6-13-9-12)11(16)14-8-10-4-7-15-17-10/h4,7,13H,2-3,5-6,8-9H2,1H3,(H,14,16). The number of nitrogens with one attached hydrogen (secondary N) is 2. The first kappa shape index (κ1) is 12.1. The zero-order chi connectivity index (χ0) is 12.1. The van der Waals surface area contributed by atoms with Gasteiger partial charge in [-0.2, -0.15) is 0 Å². The lowest BCUT2D eigenvalue weighted by molar-refractivity contribution is -0.132. The molecule has 17 heavy (non-hydrogen) atoms. The van der Waals surface area contributed by atoms with Gasteiger partial charge in [-0.15, -0.1) is 0 Å². The summed E-state index contributed by atoms with van der Waals surface area (Å²) >= 11 is 0. The molecule has 1 atom stereocenters. The Kier molecular flexibility index (Phi) is 3.78. The summed E-state index contributed by atoms with van der Waals surface area (Å²) < 4.78 is 4.96. The lowest BCUT2D eigenvalue weighted by Crippen LogP contribution is -2.49. The summed E-state index contributed by atoms with van der Waals surface area (Å²) in [6.07, 6.45) is 4.46. The summed E-state index contributed by atoms with van der Waals surface area (Å²) in [6.45, 7) is 4.27. The second-order valence-corrected chi connectivity index (χ2v) is 4.58. The van der Waals surface area contributed by atoms with Crippen molar-refractivity contribution in [3.8, 4) is 0 Å². The van der Waals surface area contributed by atoms with Gasteiger partial charge in [-0.25, -0.2) is 0 Å². The lowest BCUT2D eigenvalue weighted by atomic mass is 9.77. The van der Waals surface area contributed by atoms with Crippen LogP contribution in [-0.2, 0) is 11.3 Å². The third kappa shape index (κ3) is 2.66. The van der Waals surface area contributed by atoms with Gasteiger partial charge in [0.2, 0.25) is 5.91 Å². The molecule has 1 aromatic rings. The fraction of sp³-hybridized carbons (Fsp3) is 0.667. The Morgan fingerprint density at radius 1 is 1.71 bits per heavy atom. The normalized spacial score (nSPS) is 24.5. The van der Waals surface area contributed by atoms with E-state index in [1.54, 1.807) is 12.3 Å². The molecule has 2 heterocycles. The van der Waals surface area contributed by atoms with E-state index in [4.69, 9.17) is 4.52 Å². The van der Waals surface area contributed by atoms with E-state index in [9.17, 15) is 4.79 Å². The van der Waals surface area contributed by atoms with Crippen molar-refractivity contribution >= 4 is 5.91 Å². The molecule has 2 N–H and O–H groups in total. The number of aromatic nitrogens is 1. The molecule has 0 saturated carbocycles. The Balaban J connectivity index is 1.93. The molecule has 1 fully saturated rings. The van der Waals surface area contributed by atoms with Crippen LogP contribution in [0.4, 0.5) is 0 Å². The topological polar surface area (TPSA) is 67.2 Å². The van der Waals surface area contributed by atoms with E-state index in [-0.39, 0.29) is 11.3 Å². The summed E-state index contributed by atoms with van der Waals surface area (Å²) in [5.41, 5.74) is -0.252. The molecule has 5 heteroatoms. The second kappa shape index (κ2) is 5.31. The molecule has 0 aromatic carbocycles. The first-order chi connectivity index (χ1) is 8.27. The SMILES string of the molecule is CCC1(C(=O)NCc2ccno2)CCCNC1. The van der Waals surface area contributed by atoms with E-state index in [0.717, 1.165) is 32.4 Å². The van der Waals surface area contributed by atoms with E-state index >= 15 is 0 Å². The molecule has 0 radical (unpaired) electrons. The Morgan fingerprint density at radius 2 is 2.59 bits per heavy atom. The minimum atomic E-state index is -0.252. The van der Waals surface area contributed by atoms with Crippen molar-refractivity contribution in [2.75, 3.05) is 13.1 Å². The van der Waals surface area contributed by atoms with Crippen molar-refractivity contribution in [1.29, 1.82) is 0 Å². The van der Waals surface area contributed by atoms with Gasteiger partial charge in [-0.1, -0.05) is 12.1 Å². The predicted molar refractivity (Wildman–Crippen MR) is 63.2 cm³/mol. The Labute approximate surface area is 101 Å². The fourth-order valence-electron chi connectivity index (χ4n) is 2.31. The third-order valence-electron chi connectivity index (χ3n) is 3.55. The Bertz CT molecular complexity index is 356. The van der Waals surface area contributed by atoms with E-state index in [0.29, 0.717) is 12.3 Å². The van der Waals surface area contributed by atoms with Crippen LogP contribution in [0.1, 0.15) is 31.9 Å². The first-order valence-corrected chi connectivity index (χ1v) is 6.15. The predicted octanol–water partition coefficient (Wildman–Crippen LogP) is 1.07. The zero-order valence-electron chi connectivity index (χ0n) is 10.2. The molecule has 0 aliphatic carbocycles. The molecule has 0 spiro atoms. The van der Waals surface area contributed by atoms with E-state index in [2.05, 4.69) is 22.7 Å². The molecule has 1 aliphatic heterocycles. The van der Waals surface area contributed by atoms with Gasteiger partial charge in [0.25, 0.3) is 0 Å². The quantitative estimate of drug-likeness (QED) is 0.822. The van der Waals surface area contributed by atoms with Gasteiger partial charge in [0.1, 0.15) is 0 Å². The Hall–Kier alpha value is -1.36. The zero-order valence-corrected chi connectivity index (χ0v) is 10.2. The smallest absolute Gasteiger partial charge is 0.227 e. The van der Waals surface area contributed by atoms with Gasteiger partial charge in [-0.05, 0) is 25.8 Å². The Morgan fingerprint density at radius 3 is 3.18 bits per heavy atom. The van der Waals surface area contributed by atoms with Crippen LogP contribution in [0.2, 0.25) is 0 Å². The average molecular weight is 237 g/mol. The highest BCUT2D eigenvalue weighted by Gasteiger charge is 2.37. The van der Waals surface area contributed by atoms with Crippen molar-refractivity contribution < 1.29 is 9.32 Å². The maximum absolute atomic E-state index is 12.2. The second-order valence-electron chi connectivity index (χ2n) is 4.58. The number of carbonyl (C=O) groups excluding carboxylic acids is 1. The molecular formula is C12H19N3O2. The molecule has 1 amide bonds. The molecule has 1 unspecified atom stereocenters. The maximum atomic E-state index is 12.2. The minimum absolute atomic E-state index is 0.114. The van der Waals surface area contributed by atoms with Gasteiger partial charge < -0.3 is 15.2 Å². The van der Waals surface area contributed by atoms with Gasteiger partial charge in [-0.3, -0.25) is 4.79 Å². The summed E-state index contributed by atoms with van der Waals surface area (Å²) in [5, 5.41) is 9.85. The van der Waals surface area contributed by atoms with Crippen LogP contribution >= 0.6 is 0 Å². The molecule has 5 nitrogen and oxygen atoms in total. The highest BCUT2D eigenvalue weighted by molar-refractivity contribution is 5.82. The lowest BCUT2D eigenvalue weighted by Gasteiger charge is -2.35. The number of rotatable bonds is 4. The third-order valence-corrected chi connectivity index (χ3v) is 3.55. The van der Waals surface area contributed by atoms with Crippen LogP contribution in [0, 0.1) is 5.41 Å². The number of nitrogens with zero attached hydrogens (tertiary/aromatic N) is 1. The van der Waals surface area contributed by atoms with Gasteiger partial charge in [0, 0.05) is 12.6 Å². The highest BCUT2D eigenvalue weighted by atomic mass is 16.5. The van der Waals surface area contributed by atoms with E-state index < -0.39 is 0 Å². The molecule has 2 rings (SSSR count). The van der Waals surface area contributed by atoms with Crippen molar-refractivity contribution in [3.05, 3.63) is 18.0 Å². The number of hydrogen-bond donors (Lipinski definition) is 2. The molecule has 0 bridgehead atoms. The highest BCUT2D eigenvalue weighted by Crippen LogP contribution is 2.30. The summed E-state index contributed by atoms with van der Waals surface area (Å²) in [4.78, 5) is 12.2. The van der Waals surface area contributed by atoms with Crippen LogP contribution in [-0.4, -0.2) is 24.2 Å². The average Bonchev–Trinajstić information content (AvgIpc) is 2.90. The first-order valence-electron chi connectivity index (χ1n) is 6.15. The summed E-state index contributed by atoms with van der Waals surface area (Å²) in [5.74, 6) is 0.803. The van der Waals surface area contributed by atoms with Crippen molar-refractivity contribution in [2.24, 2.45) is 5.41 Å². The van der Waals surface area contributed by atoms with E-state index in [1.807, 2.05) is 0 Å². The summed E-state index contributed by atoms with van der Waals surface area (Å²) in [6, 6.07) is 1.76. The number of amides is 1. The fourth-order valence-corrected chi connectivity index (χ4v) is 2.31. The van der Waals surface area contributed by atoms with Gasteiger partial charge in [0.05, 0.1) is 18.2 Å². The number of piperidine rings is 1. The number of carbonyl (C=O) groups is 1. The summed E-state index contributed by atoms with van der Waals surface area (Å²) in [7, 11) is 0. The molecule has 1 aromatic heterocycles. The van der Waals surface area contributed by atoms with Crippen molar-refractivity contribution in [2.45, 2.75) is 32.7 Å². The number of hydrogen-bond acceptors (Lipinski definition) is 4. The molecule has 94 valence electrons. The maximum Gasteiger partial charge on any atom is 0.227 e. The van der Waals surface area contributed by atoms with Crippen molar-refractivity contribution in [1.82, 2.24) is 15.8 Å². The van der Waals surface area contributed by atoms with Crippen LogP contribution in [0.3, 0.4) is 0 Å². The van der Waals surface area contributed by atoms with Crippen LogP contribution in [0.5, 0.6) is 0 Å². The van der Waals surface area contributed by atoms with Gasteiger partial charge in [0.15, 0.2) is 5.76 Å². The molecular weight excluding hydrogens is 218 g/mol. The van der Waals surface area contributed by atoms with Gasteiger partial charge >= 0.3 is 0 Å². The monoisotopic (exact) mass is 237 g/mol. The van der Waals surface area contributed by atoms with Crippen LogP contribution < -0.4 is 10.6 Å². The minimum Gasteiger partial charge on any atom is -0.360 e. The van der Waals surface area contributed by atoms with Crippen LogP contribution in [0.25, 0.3) is 0 Å². The van der Waals surface area contributed by atoms with Crippen molar-refractivity contribution in [3.63, 3.8) is 0 Å². The largest absolute Gasteiger partial charge is 0.360 e. The van der Waals surface area contributed by atoms with E-state index in [1.165, 1.54) is 0 Å². The molecule has 1 saturated heterocycles.